The van der Waals surface area contributed by atoms with E-state index in [-0.39, 0.29) is 12.5 Å². The molecule has 0 spiro atoms. The van der Waals surface area contributed by atoms with Crippen molar-refractivity contribution in [1.82, 2.24) is 14.1 Å². The van der Waals surface area contributed by atoms with Gasteiger partial charge in [-0.05, 0) is 12.1 Å². The average Bonchev–Trinajstić information content (AvgIpc) is 2.91. The third-order valence-electron chi connectivity index (χ3n) is 2.73. The molecule has 0 aliphatic heterocycles. The summed E-state index contributed by atoms with van der Waals surface area (Å²) in [6.07, 6.45) is 1.75. The van der Waals surface area contributed by atoms with Gasteiger partial charge in [0.1, 0.15) is 12.6 Å². The number of rotatable bonds is 6. The molecule has 0 fully saturated rings. The van der Waals surface area contributed by atoms with E-state index in [2.05, 4.69) is 25.6 Å². The number of amides is 1. The number of aryl methyl sites for hydroxylation is 1. The molecule has 0 bridgehead atoms. The lowest BCUT2D eigenvalue weighted by Crippen LogP contribution is -2.16. The zero-order valence-corrected chi connectivity index (χ0v) is 13.6. The van der Waals surface area contributed by atoms with Gasteiger partial charge in [-0.15, -0.1) is 5.10 Å². The smallest absolute Gasteiger partial charge is 0.261 e. The zero-order chi connectivity index (χ0) is 15.2. The third kappa shape index (κ3) is 3.98. The molecule has 1 heterocycles. The molecular weight excluding hydrogens is 361 g/mol. The van der Waals surface area contributed by atoms with Crippen molar-refractivity contribution in [2.24, 2.45) is 7.05 Å². The molecule has 0 aliphatic carbocycles. The van der Waals surface area contributed by atoms with Gasteiger partial charge in [0.15, 0.2) is 0 Å². The Bertz CT molecular complexity index is 636. The SMILES string of the molecule is Cn1ccc(OCc2c(SCF)cccc2C(=O)NBr)n1. The van der Waals surface area contributed by atoms with Crippen LogP contribution in [0.15, 0.2) is 35.4 Å². The number of carbonyl (C=O) groups excluding carboxylic acids is 1. The summed E-state index contributed by atoms with van der Waals surface area (Å²) in [6.45, 7) is 0.135. The third-order valence-corrected chi connectivity index (χ3v) is 3.89. The highest BCUT2D eigenvalue weighted by molar-refractivity contribution is 9.08. The van der Waals surface area contributed by atoms with E-state index >= 15 is 0 Å². The van der Waals surface area contributed by atoms with E-state index in [1.807, 2.05) is 0 Å². The molecule has 21 heavy (non-hydrogen) atoms. The van der Waals surface area contributed by atoms with Crippen LogP contribution in [0, 0.1) is 0 Å². The Morgan fingerprint density at radius 1 is 1.52 bits per heavy atom. The summed E-state index contributed by atoms with van der Waals surface area (Å²) in [5.74, 6) is 0.138. The highest BCUT2D eigenvalue weighted by atomic mass is 79.9. The minimum absolute atomic E-state index is 0.135. The number of nitrogens with one attached hydrogen (secondary N) is 1. The molecule has 0 radical (unpaired) electrons. The van der Waals surface area contributed by atoms with Crippen LogP contribution in [0.3, 0.4) is 0 Å². The summed E-state index contributed by atoms with van der Waals surface area (Å²) in [5.41, 5.74) is 1.06. The maximum atomic E-state index is 12.6. The van der Waals surface area contributed by atoms with Crippen LogP contribution in [0.1, 0.15) is 15.9 Å². The molecule has 0 atom stereocenters. The molecule has 2 rings (SSSR count). The molecule has 0 saturated carbocycles. The lowest BCUT2D eigenvalue weighted by molar-refractivity contribution is 0.0983. The fourth-order valence-electron chi connectivity index (χ4n) is 1.79. The van der Waals surface area contributed by atoms with Crippen LogP contribution >= 0.6 is 27.9 Å². The topological polar surface area (TPSA) is 56.1 Å². The van der Waals surface area contributed by atoms with Crippen LogP contribution in [-0.4, -0.2) is 21.7 Å². The van der Waals surface area contributed by atoms with Gasteiger partial charge in [-0.25, -0.2) is 4.39 Å². The Morgan fingerprint density at radius 3 is 2.95 bits per heavy atom. The van der Waals surface area contributed by atoms with Crippen molar-refractivity contribution in [2.75, 3.05) is 6.01 Å². The van der Waals surface area contributed by atoms with Crippen molar-refractivity contribution in [1.29, 1.82) is 0 Å². The van der Waals surface area contributed by atoms with Gasteiger partial charge >= 0.3 is 0 Å². The number of benzene rings is 1. The number of aromatic nitrogens is 2. The number of thioether (sulfide) groups is 1. The second-order valence-electron chi connectivity index (χ2n) is 4.08. The van der Waals surface area contributed by atoms with E-state index < -0.39 is 6.01 Å². The minimum Gasteiger partial charge on any atom is -0.472 e. The first kappa shape index (κ1) is 15.8. The largest absolute Gasteiger partial charge is 0.472 e. The van der Waals surface area contributed by atoms with Gasteiger partial charge in [-0.3, -0.25) is 13.8 Å². The van der Waals surface area contributed by atoms with E-state index in [0.717, 1.165) is 11.8 Å². The number of nitrogens with zero attached hydrogens (tertiary/aromatic N) is 2. The van der Waals surface area contributed by atoms with Crippen molar-refractivity contribution < 1.29 is 13.9 Å². The molecule has 5 nitrogen and oxygen atoms in total. The molecular formula is C13H13BrFN3O2S. The summed E-state index contributed by atoms with van der Waals surface area (Å²) in [4.78, 5) is 12.5. The van der Waals surface area contributed by atoms with E-state index in [1.165, 1.54) is 0 Å². The van der Waals surface area contributed by atoms with Crippen molar-refractivity contribution in [3.8, 4) is 5.88 Å². The monoisotopic (exact) mass is 373 g/mol. The van der Waals surface area contributed by atoms with Crippen LogP contribution < -0.4 is 9.08 Å². The molecule has 1 N–H and O–H groups in total. The van der Waals surface area contributed by atoms with Crippen LogP contribution in [0.5, 0.6) is 5.88 Å². The number of carbonyl (C=O) groups is 1. The predicted molar refractivity (Wildman–Crippen MR) is 82.2 cm³/mol. The summed E-state index contributed by atoms with van der Waals surface area (Å²) in [6, 6.07) is 6.27. The number of ether oxygens (including phenoxy) is 1. The summed E-state index contributed by atoms with van der Waals surface area (Å²) < 4.78 is 22.2. The molecule has 8 heteroatoms. The molecule has 1 amide bonds. The van der Waals surface area contributed by atoms with Crippen LogP contribution in [0.4, 0.5) is 4.39 Å². The van der Waals surface area contributed by atoms with Gasteiger partial charge in [0, 0.05) is 51.5 Å². The molecule has 0 unspecified atom stereocenters. The quantitative estimate of drug-likeness (QED) is 0.624. The summed E-state index contributed by atoms with van der Waals surface area (Å²) in [7, 11) is 1.78. The van der Waals surface area contributed by atoms with Crippen molar-refractivity contribution in [3.63, 3.8) is 0 Å². The first-order valence-electron chi connectivity index (χ1n) is 5.99. The van der Waals surface area contributed by atoms with Crippen molar-refractivity contribution in [2.45, 2.75) is 11.5 Å². The fraction of sp³-hybridized carbons (Fsp3) is 0.231. The fourth-order valence-corrected chi connectivity index (χ4v) is 2.64. The standard InChI is InChI=1S/C13H13BrFN3O2S/c1-18-6-5-12(17-18)20-7-10-9(13(19)16-14)3-2-4-11(10)21-8-15/h2-6H,7-8H2,1H3,(H,16,19). The molecule has 1 aromatic carbocycles. The van der Waals surface area contributed by atoms with Gasteiger partial charge in [0.2, 0.25) is 5.88 Å². The van der Waals surface area contributed by atoms with E-state index in [1.54, 1.807) is 42.2 Å². The second-order valence-corrected chi connectivity index (χ2v) is 5.42. The molecule has 2 aromatic rings. The molecule has 0 aliphatic rings. The normalized spacial score (nSPS) is 10.4. The van der Waals surface area contributed by atoms with Gasteiger partial charge < -0.3 is 4.74 Å². The highest BCUT2D eigenvalue weighted by Gasteiger charge is 2.15. The number of halogens is 2. The summed E-state index contributed by atoms with van der Waals surface area (Å²) in [5, 5.41) is 4.10. The predicted octanol–water partition coefficient (Wildman–Crippen LogP) is 3.06. The van der Waals surface area contributed by atoms with Crippen LogP contribution in [0.2, 0.25) is 0 Å². The first-order valence-corrected chi connectivity index (χ1v) is 7.77. The number of hydrogen-bond donors (Lipinski definition) is 1. The average molecular weight is 374 g/mol. The van der Waals surface area contributed by atoms with Gasteiger partial charge in [0.05, 0.1) is 0 Å². The lowest BCUT2D eigenvalue weighted by atomic mass is 10.1. The summed E-state index contributed by atoms with van der Waals surface area (Å²) >= 11 is 3.93. The van der Waals surface area contributed by atoms with Crippen molar-refractivity contribution in [3.05, 3.63) is 41.6 Å². The Balaban J connectivity index is 2.27. The Hall–Kier alpha value is -1.54. The van der Waals surface area contributed by atoms with Gasteiger partial charge in [-0.2, -0.15) is 0 Å². The zero-order valence-electron chi connectivity index (χ0n) is 11.2. The number of hydrogen-bond acceptors (Lipinski definition) is 4. The second kappa shape index (κ2) is 7.46. The van der Waals surface area contributed by atoms with Gasteiger partial charge in [-0.1, -0.05) is 17.8 Å². The highest BCUT2D eigenvalue weighted by Crippen LogP contribution is 2.27. The maximum absolute atomic E-state index is 12.6. The van der Waals surface area contributed by atoms with Crippen LogP contribution in [-0.2, 0) is 13.7 Å². The number of alkyl halides is 1. The van der Waals surface area contributed by atoms with Crippen LogP contribution in [0.25, 0.3) is 0 Å². The molecule has 112 valence electrons. The molecule has 1 aromatic heterocycles. The minimum atomic E-state index is -0.573. The van der Waals surface area contributed by atoms with Crippen molar-refractivity contribution >= 4 is 33.8 Å². The Morgan fingerprint density at radius 2 is 2.33 bits per heavy atom. The lowest BCUT2D eigenvalue weighted by Gasteiger charge is -2.12. The van der Waals surface area contributed by atoms with E-state index in [9.17, 15) is 9.18 Å². The Labute approximate surface area is 134 Å². The Kier molecular flexibility index (Phi) is 5.63. The van der Waals surface area contributed by atoms with Gasteiger partial charge in [0.25, 0.3) is 5.91 Å². The van der Waals surface area contributed by atoms with E-state index in [4.69, 9.17) is 4.74 Å². The van der Waals surface area contributed by atoms with E-state index in [0.29, 0.717) is 21.9 Å². The maximum Gasteiger partial charge on any atom is 0.261 e. The first-order chi connectivity index (χ1) is 10.2. The molecule has 0 saturated heterocycles.